The molecule has 0 fully saturated rings. The van der Waals surface area contributed by atoms with Gasteiger partial charge in [-0.3, -0.25) is 14.6 Å². The number of pyridine rings is 1. The second kappa shape index (κ2) is 23.3. The molecule has 1 aliphatic carbocycles. The van der Waals surface area contributed by atoms with Crippen molar-refractivity contribution < 1.29 is 23.5 Å². The zero-order valence-electron chi connectivity index (χ0n) is 33.8. The van der Waals surface area contributed by atoms with Crippen LogP contribution in [-0.2, 0) is 22.4 Å². The first kappa shape index (κ1) is 45.7. The molecule has 0 radical (unpaired) electrons. The van der Waals surface area contributed by atoms with Crippen LogP contribution in [0.2, 0.25) is 5.02 Å². The Hall–Kier alpha value is -4.48. The molecule has 0 spiro atoms. The number of unbranched alkanes of at least 4 members (excludes halogenated alkanes) is 1. The van der Waals surface area contributed by atoms with Crippen LogP contribution in [0.25, 0.3) is 22.4 Å². The summed E-state index contributed by atoms with van der Waals surface area (Å²) < 4.78 is 20.8. The average molecular weight is 767 g/mol. The van der Waals surface area contributed by atoms with E-state index < -0.39 is 17.6 Å². The fourth-order valence-electron chi connectivity index (χ4n) is 6.01. The number of fused-ring (bicyclic) bond motifs is 1. The van der Waals surface area contributed by atoms with Crippen LogP contribution in [0.4, 0.5) is 14.9 Å². The normalized spacial score (nSPS) is 13.4. The lowest BCUT2D eigenvalue weighted by Crippen LogP contribution is -2.46. The van der Waals surface area contributed by atoms with Crippen molar-refractivity contribution in [2.75, 3.05) is 39.6 Å². The predicted octanol–water partition coefficient (Wildman–Crippen LogP) is 9.04. The van der Waals surface area contributed by atoms with Crippen molar-refractivity contribution in [1.29, 1.82) is 0 Å². The predicted molar refractivity (Wildman–Crippen MR) is 219 cm³/mol. The molecular formula is C42H60ClFN6O4. The molecular weight excluding hydrogens is 707 g/mol. The minimum absolute atomic E-state index is 0.0360. The number of amides is 4. The summed E-state index contributed by atoms with van der Waals surface area (Å²) in [6.07, 6.45) is 9.23. The second-order valence-electron chi connectivity index (χ2n) is 12.6. The molecule has 10 nitrogen and oxygen atoms in total. The van der Waals surface area contributed by atoms with E-state index in [0.29, 0.717) is 40.5 Å². The molecule has 3 aromatic rings. The van der Waals surface area contributed by atoms with Gasteiger partial charge in [-0.2, -0.15) is 0 Å². The van der Waals surface area contributed by atoms with E-state index in [2.05, 4.69) is 40.2 Å². The number of carbonyl (C=O) groups excluding carboxylic acids is 3. The van der Waals surface area contributed by atoms with Crippen LogP contribution >= 0.6 is 11.6 Å². The van der Waals surface area contributed by atoms with Gasteiger partial charge in [0.2, 0.25) is 5.88 Å². The first-order valence-corrected chi connectivity index (χ1v) is 19.5. The van der Waals surface area contributed by atoms with Crippen molar-refractivity contribution in [3.8, 4) is 28.3 Å². The van der Waals surface area contributed by atoms with Gasteiger partial charge in [-0.15, -0.1) is 0 Å². The van der Waals surface area contributed by atoms with E-state index in [-0.39, 0.29) is 22.2 Å². The smallest absolute Gasteiger partial charge is 0.314 e. The van der Waals surface area contributed by atoms with E-state index in [4.69, 9.17) is 16.3 Å². The fourth-order valence-corrected chi connectivity index (χ4v) is 6.36. The molecule has 1 aliphatic heterocycles. The first-order valence-electron chi connectivity index (χ1n) is 19.1. The van der Waals surface area contributed by atoms with Crippen LogP contribution in [0.15, 0.2) is 48.0 Å². The molecule has 5 rings (SSSR count). The van der Waals surface area contributed by atoms with E-state index in [9.17, 15) is 14.4 Å². The van der Waals surface area contributed by atoms with Gasteiger partial charge in [-0.05, 0) is 79.5 Å². The number of urea groups is 1. The third-order valence-electron chi connectivity index (χ3n) is 9.21. The highest BCUT2D eigenvalue weighted by atomic mass is 35.5. The number of nitrogens with one attached hydrogen (secondary N) is 4. The molecule has 4 amide bonds. The Morgan fingerprint density at radius 2 is 1.81 bits per heavy atom. The lowest BCUT2D eigenvalue weighted by Gasteiger charge is -2.23. The Labute approximate surface area is 326 Å². The third-order valence-corrected chi connectivity index (χ3v) is 9.60. The van der Waals surface area contributed by atoms with E-state index >= 15 is 4.39 Å². The number of carbonyl (C=O) groups is 3. The van der Waals surface area contributed by atoms with Crippen LogP contribution in [0, 0.1) is 18.7 Å². The molecule has 4 N–H and O–H groups in total. The monoisotopic (exact) mass is 766 g/mol. The highest BCUT2D eigenvalue weighted by molar-refractivity contribution is 6.36. The maximum atomic E-state index is 15.3. The molecule has 1 atom stereocenters. The van der Waals surface area contributed by atoms with E-state index in [1.165, 1.54) is 36.4 Å². The summed E-state index contributed by atoms with van der Waals surface area (Å²) in [5, 5.41) is 9.58. The number of aromatic nitrogens is 1. The molecule has 1 aromatic heterocycles. The summed E-state index contributed by atoms with van der Waals surface area (Å²) in [5.41, 5.74) is 8.16. The molecule has 1 unspecified atom stereocenters. The Morgan fingerprint density at radius 1 is 1.09 bits per heavy atom. The number of rotatable bonds is 11. The second-order valence-corrected chi connectivity index (χ2v) is 13.0. The summed E-state index contributed by atoms with van der Waals surface area (Å²) >= 11 is 6.84. The number of methoxy groups -OCH3 is 1. The topological polar surface area (TPSA) is 125 Å². The Bertz CT molecular complexity index is 1750. The highest BCUT2D eigenvalue weighted by Gasteiger charge is 2.26. The Morgan fingerprint density at radius 3 is 2.48 bits per heavy atom. The largest absolute Gasteiger partial charge is 0.481 e. The molecule has 54 heavy (non-hydrogen) atoms. The maximum Gasteiger partial charge on any atom is 0.314 e. The van der Waals surface area contributed by atoms with Gasteiger partial charge in [0.1, 0.15) is 11.4 Å². The summed E-state index contributed by atoms with van der Waals surface area (Å²) in [6, 6.07) is 10.1. The van der Waals surface area contributed by atoms with Crippen LogP contribution in [0.1, 0.15) is 90.3 Å². The molecule has 0 bridgehead atoms. The number of hydrogen-bond donors (Lipinski definition) is 4. The number of benzene rings is 2. The number of likely N-dealkylation sites (N-methyl/N-ethyl adjacent to an activating group) is 1. The van der Waals surface area contributed by atoms with Crippen molar-refractivity contribution in [3.05, 3.63) is 75.6 Å². The summed E-state index contributed by atoms with van der Waals surface area (Å²) in [7, 11) is 4.78. The van der Waals surface area contributed by atoms with Crippen molar-refractivity contribution in [1.82, 2.24) is 26.1 Å². The van der Waals surface area contributed by atoms with Gasteiger partial charge in [0.05, 0.1) is 17.8 Å². The average Bonchev–Trinajstić information content (AvgIpc) is 3.67. The van der Waals surface area contributed by atoms with Crippen LogP contribution in [0.5, 0.6) is 5.88 Å². The number of nitrogens with zero attached hydrogens (tertiary/aromatic N) is 2. The minimum Gasteiger partial charge on any atom is -0.481 e. The molecule has 12 heteroatoms. The number of halogens is 2. The van der Waals surface area contributed by atoms with Crippen LogP contribution in [0.3, 0.4) is 0 Å². The molecule has 0 saturated heterocycles. The summed E-state index contributed by atoms with van der Waals surface area (Å²) in [5.74, 6) is -0.0726. The van der Waals surface area contributed by atoms with Gasteiger partial charge in [0, 0.05) is 49.6 Å². The molecule has 2 aliphatic rings. The van der Waals surface area contributed by atoms with Crippen LogP contribution < -0.4 is 26.1 Å². The van der Waals surface area contributed by atoms with Gasteiger partial charge in [0.25, 0.3) is 11.8 Å². The maximum absolute atomic E-state index is 15.3. The SMILES string of the molecule is CC.CC.CCC(C)CCCCNC(=O)NC.COc1nc(-c2ccc(F)c(-c3cccc(NC(=O)C4=CCNN(C)C4=O)c3C)c2Cl)cc2c1CCC2. The highest BCUT2D eigenvalue weighted by Crippen LogP contribution is 2.42. The molecule has 2 heterocycles. The zero-order valence-corrected chi connectivity index (χ0v) is 34.5. The standard InChI is InChI=1S/C28H26ClFN4O3.C10H22N2O.2C2H6/c1-15-17(7-5-9-22(15)32-26(35)20-12-13-31-34(2)28(20)36)24-21(30)11-10-19(25(24)29)23-14-16-6-4-8-18(16)27(33-23)37-3;1-4-9(2)7-5-6-8-12-10(13)11-3;2*1-2/h5,7,9-12,14,31H,4,6,8,13H2,1-3H3,(H,32,35);9H,4-8H2,1-3H3,(H2,11,12,13);2*1-2H3. The lowest BCUT2D eigenvalue weighted by molar-refractivity contribution is -0.131. The fraction of sp³-hybridized carbons (Fsp3) is 0.476. The van der Waals surface area contributed by atoms with Gasteiger partial charge in [-0.25, -0.2) is 19.6 Å². The van der Waals surface area contributed by atoms with E-state index in [0.717, 1.165) is 49.3 Å². The number of anilines is 1. The van der Waals surface area contributed by atoms with Gasteiger partial charge in [0.15, 0.2) is 0 Å². The molecule has 0 saturated carbocycles. The summed E-state index contributed by atoms with van der Waals surface area (Å²) in [6.45, 7) is 15.4. The Kier molecular flexibility index (Phi) is 19.7. The number of ether oxygens (including phenoxy) is 1. The van der Waals surface area contributed by atoms with Gasteiger partial charge in [-0.1, -0.05) is 90.6 Å². The van der Waals surface area contributed by atoms with E-state index in [1.807, 2.05) is 33.8 Å². The minimum atomic E-state index is -0.534. The van der Waals surface area contributed by atoms with Crippen molar-refractivity contribution in [2.24, 2.45) is 5.92 Å². The van der Waals surface area contributed by atoms with Crippen molar-refractivity contribution in [2.45, 2.75) is 93.4 Å². The quantitative estimate of drug-likeness (QED) is 0.114. The lowest BCUT2D eigenvalue weighted by atomic mass is 9.95. The Balaban J connectivity index is 0.000000503. The summed E-state index contributed by atoms with van der Waals surface area (Å²) in [4.78, 5) is 40.6. The molecule has 2 aromatic carbocycles. The van der Waals surface area contributed by atoms with E-state index in [1.54, 1.807) is 52.4 Å². The zero-order chi connectivity index (χ0) is 40.4. The van der Waals surface area contributed by atoms with Crippen molar-refractivity contribution in [3.63, 3.8) is 0 Å². The van der Waals surface area contributed by atoms with Crippen LogP contribution in [-0.4, -0.2) is 62.1 Å². The van der Waals surface area contributed by atoms with Gasteiger partial charge < -0.3 is 20.7 Å². The first-order chi connectivity index (χ1) is 26.0. The number of hydrogen-bond acceptors (Lipinski definition) is 6. The number of hydrazine groups is 1. The third kappa shape index (κ3) is 12.0. The molecule has 296 valence electrons. The van der Waals surface area contributed by atoms with Gasteiger partial charge >= 0.3 is 6.03 Å². The number of aryl methyl sites for hydroxylation is 1. The van der Waals surface area contributed by atoms with Crippen molar-refractivity contribution >= 4 is 35.1 Å².